The van der Waals surface area contributed by atoms with Crippen LogP contribution < -0.4 is 10.6 Å². The number of rotatable bonds is 5. The van der Waals surface area contributed by atoms with Crippen molar-refractivity contribution in [1.82, 2.24) is 25.0 Å². The highest BCUT2D eigenvalue weighted by atomic mass is 35.5. The van der Waals surface area contributed by atoms with Crippen LogP contribution >= 0.6 is 34.8 Å². The molecule has 1 atom stereocenters. The van der Waals surface area contributed by atoms with Crippen molar-refractivity contribution in [2.45, 2.75) is 33.7 Å². The topological polar surface area (TPSA) is 81.0 Å². The zero-order chi connectivity index (χ0) is 23.8. The van der Waals surface area contributed by atoms with E-state index < -0.39 is 17.4 Å². The van der Waals surface area contributed by atoms with Crippen LogP contribution in [0.2, 0.25) is 15.2 Å². The van der Waals surface area contributed by atoms with Crippen LogP contribution in [-0.2, 0) is 4.79 Å². The molecule has 2 aromatic heterocycles. The Kier molecular flexibility index (Phi) is 6.93. The van der Waals surface area contributed by atoms with Crippen LogP contribution in [0, 0.1) is 12.3 Å². The number of carbonyl (C=O) groups excluding carboxylic acids is 2. The van der Waals surface area contributed by atoms with Crippen molar-refractivity contribution in [2.24, 2.45) is 5.41 Å². The van der Waals surface area contributed by atoms with Crippen molar-refractivity contribution in [1.29, 1.82) is 0 Å². The average molecular weight is 497 g/mol. The largest absolute Gasteiger partial charge is 0.357 e. The summed E-state index contributed by atoms with van der Waals surface area (Å²) < 4.78 is 3.24. The maximum absolute atomic E-state index is 13.3. The summed E-state index contributed by atoms with van der Waals surface area (Å²) in [4.78, 5) is 25.7. The van der Waals surface area contributed by atoms with E-state index in [2.05, 4.69) is 15.7 Å². The molecule has 10 heteroatoms. The summed E-state index contributed by atoms with van der Waals surface area (Å²) in [5.74, 6) is -0.238. The second kappa shape index (κ2) is 9.17. The highest BCUT2D eigenvalue weighted by Crippen LogP contribution is 2.31. The molecule has 3 aromatic rings. The lowest BCUT2D eigenvalue weighted by Crippen LogP contribution is -2.53. The standard InChI is InChI=1S/C22H24Cl3N5O2/c1-12-17(19(31)27-18(20(32)26-5)22(2,3)4)28-30(15-9-8-13(23)11-14(15)24)21(12)29-10-6-7-16(29)25/h6-11,18H,1-5H3,(H,26,32)(H,27,31)/t18-/m1/s1. The molecule has 32 heavy (non-hydrogen) atoms. The maximum atomic E-state index is 13.3. The summed E-state index contributed by atoms with van der Waals surface area (Å²) in [7, 11) is 1.53. The van der Waals surface area contributed by atoms with Crippen molar-refractivity contribution in [3.8, 4) is 11.5 Å². The molecule has 0 aliphatic carbocycles. The Labute approximate surface area is 201 Å². The lowest BCUT2D eigenvalue weighted by Gasteiger charge is -2.29. The Morgan fingerprint density at radius 3 is 2.34 bits per heavy atom. The van der Waals surface area contributed by atoms with E-state index in [1.807, 2.05) is 20.8 Å². The van der Waals surface area contributed by atoms with Gasteiger partial charge in [-0.2, -0.15) is 5.10 Å². The number of nitrogens with one attached hydrogen (secondary N) is 2. The summed E-state index contributed by atoms with van der Waals surface area (Å²) in [6, 6.07) is 7.73. The fourth-order valence-corrected chi connectivity index (χ4v) is 4.06. The number of amides is 2. The normalized spacial score (nSPS) is 12.5. The molecule has 0 bridgehead atoms. The number of nitrogens with zero attached hydrogens (tertiary/aromatic N) is 3. The molecule has 3 rings (SSSR count). The van der Waals surface area contributed by atoms with Gasteiger partial charge >= 0.3 is 0 Å². The number of carbonyl (C=O) groups is 2. The first-order valence-electron chi connectivity index (χ1n) is 9.86. The molecule has 0 saturated carbocycles. The van der Waals surface area contributed by atoms with Gasteiger partial charge in [-0.05, 0) is 42.7 Å². The van der Waals surface area contributed by atoms with Gasteiger partial charge in [0.05, 0.1) is 10.7 Å². The summed E-state index contributed by atoms with van der Waals surface area (Å²) in [5, 5.41) is 11.2. The molecular weight excluding hydrogens is 473 g/mol. The zero-order valence-electron chi connectivity index (χ0n) is 18.3. The zero-order valence-corrected chi connectivity index (χ0v) is 20.6. The molecule has 170 valence electrons. The van der Waals surface area contributed by atoms with Crippen molar-refractivity contribution in [2.75, 3.05) is 7.05 Å². The van der Waals surface area contributed by atoms with E-state index in [0.717, 1.165) is 0 Å². The minimum absolute atomic E-state index is 0.147. The predicted molar refractivity (Wildman–Crippen MR) is 127 cm³/mol. The first-order valence-corrected chi connectivity index (χ1v) is 11.0. The number of likely N-dealkylation sites (N-methyl/N-ethyl adjacent to an activating group) is 1. The first kappa shape index (κ1) is 24.2. The van der Waals surface area contributed by atoms with Gasteiger partial charge in [0.15, 0.2) is 5.69 Å². The van der Waals surface area contributed by atoms with Gasteiger partial charge < -0.3 is 10.6 Å². The minimum Gasteiger partial charge on any atom is -0.357 e. The summed E-state index contributed by atoms with van der Waals surface area (Å²) in [6.07, 6.45) is 1.76. The molecular formula is C22H24Cl3N5O2. The fourth-order valence-electron chi connectivity index (χ4n) is 3.36. The second-order valence-electron chi connectivity index (χ2n) is 8.39. The molecule has 0 radical (unpaired) electrons. The van der Waals surface area contributed by atoms with E-state index in [1.54, 1.807) is 52.7 Å². The van der Waals surface area contributed by atoms with E-state index in [0.29, 0.717) is 32.3 Å². The smallest absolute Gasteiger partial charge is 0.272 e. The van der Waals surface area contributed by atoms with Gasteiger partial charge in [-0.1, -0.05) is 55.6 Å². The first-order chi connectivity index (χ1) is 15.0. The average Bonchev–Trinajstić information content (AvgIpc) is 3.27. The second-order valence-corrected chi connectivity index (χ2v) is 9.62. The van der Waals surface area contributed by atoms with Gasteiger partial charge in [-0.15, -0.1) is 0 Å². The van der Waals surface area contributed by atoms with Crippen LogP contribution in [0.4, 0.5) is 0 Å². The highest BCUT2D eigenvalue weighted by molar-refractivity contribution is 6.35. The minimum atomic E-state index is -0.762. The van der Waals surface area contributed by atoms with Crippen LogP contribution in [0.15, 0.2) is 36.5 Å². The van der Waals surface area contributed by atoms with Crippen LogP contribution in [0.3, 0.4) is 0 Å². The van der Waals surface area contributed by atoms with E-state index >= 15 is 0 Å². The Morgan fingerprint density at radius 2 is 1.81 bits per heavy atom. The van der Waals surface area contributed by atoms with Crippen molar-refractivity contribution < 1.29 is 9.59 Å². The third-order valence-corrected chi connectivity index (χ3v) is 5.87. The van der Waals surface area contributed by atoms with Gasteiger partial charge in [0.2, 0.25) is 5.91 Å². The lowest BCUT2D eigenvalue weighted by molar-refractivity contribution is -0.124. The fraction of sp³-hybridized carbons (Fsp3) is 0.318. The van der Waals surface area contributed by atoms with Gasteiger partial charge in [-0.3, -0.25) is 14.2 Å². The van der Waals surface area contributed by atoms with Crippen molar-refractivity contribution >= 4 is 46.6 Å². The van der Waals surface area contributed by atoms with Crippen LogP contribution in [-0.4, -0.2) is 39.3 Å². The summed E-state index contributed by atoms with van der Waals surface area (Å²) >= 11 is 18.9. The van der Waals surface area contributed by atoms with E-state index in [1.165, 1.54) is 7.05 Å². The lowest BCUT2D eigenvalue weighted by atomic mass is 9.86. The Bertz CT molecular complexity index is 1180. The van der Waals surface area contributed by atoms with Crippen molar-refractivity contribution in [3.63, 3.8) is 0 Å². The molecule has 7 nitrogen and oxygen atoms in total. The van der Waals surface area contributed by atoms with E-state index in [9.17, 15) is 9.59 Å². The molecule has 1 aromatic carbocycles. The number of benzene rings is 1. The molecule has 0 aliphatic rings. The Morgan fingerprint density at radius 1 is 1.12 bits per heavy atom. The third kappa shape index (κ3) is 4.65. The Hall–Kier alpha value is -2.48. The summed E-state index contributed by atoms with van der Waals surface area (Å²) in [6.45, 7) is 7.38. The van der Waals surface area contributed by atoms with Crippen molar-refractivity contribution in [3.05, 3.63) is 63.0 Å². The van der Waals surface area contributed by atoms with E-state index in [-0.39, 0.29) is 11.6 Å². The van der Waals surface area contributed by atoms with Crippen LogP contribution in [0.1, 0.15) is 36.8 Å². The molecule has 0 aliphatic heterocycles. The monoisotopic (exact) mass is 495 g/mol. The van der Waals surface area contributed by atoms with Gasteiger partial charge in [0.1, 0.15) is 17.0 Å². The van der Waals surface area contributed by atoms with Crippen LogP contribution in [0.25, 0.3) is 11.5 Å². The number of hydrogen-bond acceptors (Lipinski definition) is 3. The Balaban J connectivity index is 2.16. The SMILES string of the molecule is CNC(=O)[C@@H](NC(=O)c1nn(-c2ccc(Cl)cc2Cl)c(-n2cccc2Cl)c1C)C(C)(C)C. The maximum Gasteiger partial charge on any atom is 0.272 e. The molecule has 0 fully saturated rings. The predicted octanol–water partition coefficient (Wildman–Crippen LogP) is 4.82. The van der Waals surface area contributed by atoms with Gasteiger partial charge in [-0.25, -0.2) is 4.68 Å². The summed E-state index contributed by atoms with van der Waals surface area (Å²) in [5.41, 5.74) is 0.722. The molecule has 2 N–H and O–H groups in total. The molecule has 0 spiro atoms. The molecule has 0 saturated heterocycles. The molecule has 0 unspecified atom stereocenters. The molecule has 2 amide bonds. The number of halogens is 3. The number of hydrogen-bond donors (Lipinski definition) is 2. The third-order valence-electron chi connectivity index (χ3n) is 5.02. The molecule has 2 heterocycles. The quantitative estimate of drug-likeness (QED) is 0.531. The highest BCUT2D eigenvalue weighted by Gasteiger charge is 2.34. The van der Waals surface area contributed by atoms with Gasteiger partial charge in [0, 0.05) is 23.8 Å². The van der Waals surface area contributed by atoms with Gasteiger partial charge in [0.25, 0.3) is 5.91 Å². The van der Waals surface area contributed by atoms with Crippen LogP contribution in [0.5, 0.6) is 0 Å². The number of aromatic nitrogens is 3. The van der Waals surface area contributed by atoms with E-state index in [4.69, 9.17) is 34.8 Å².